The number of sulfone groups is 1. The molecule has 0 aliphatic heterocycles. The molecule has 0 aliphatic carbocycles. The molecule has 13 heteroatoms. The largest absolute Gasteiger partial charge is 0.352 e. The van der Waals surface area contributed by atoms with Crippen molar-refractivity contribution in [2.75, 3.05) is 23.4 Å². The van der Waals surface area contributed by atoms with E-state index in [2.05, 4.69) is 21.3 Å². The Hall–Kier alpha value is -4.75. The van der Waals surface area contributed by atoms with E-state index in [4.69, 9.17) is 5.21 Å². The maximum atomic E-state index is 13.1. The van der Waals surface area contributed by atoms with Crippen molar-refractivity contribution in [1.82, 2.24) is 16.1 Å². The minimum Gasteiger partial charge on any atom is -0.352 e. The Morgan fingerprint density at radius 1 is 0.786 bits per heavy atom. The van der Waals surface area contributed by atoms with Crippen LogP contribution in [0, 0.1) is 0 Å². The molecule has 1 atom stereocenters. The Bertz CT molecular complexity index is 1480. The van der Waals surface area contributed by atoms with Gasteiger partial charge in [0, 0.05) is 36.2 Å². The van der Waals surface area contributed by atoms with E-state index in [-0.39, 0.29) is 17.2 Å². The minimum absolute atomic E-state index is 0.114. The van der Waals surface area contributed by atoms with Crippen LogP contribution in [0.4, 0.5) is 16.2 Å². The second kappa shape index (κ2) is 15.3. The minimum atomic E-state index is -3.39. The van der Waals surface area contributed by atoms with Crippen LogP contribution in [0.15, 0.2) is 83.8 Å². The number of benzene rings is 3. The van der Waals surface area contributed by atoms with Crippen molar-refractivity contribution in [1.29, 1.82) is 0 Å². The molecule has 6 N–H and O–H groups in total. The van der Waals surface area contributed by atoms with Crippen LogP contribution in [0.3, 0.4) is 0 Å². The number of carbonyl (C=O) groups excluding carboxylic acids is 4. The van der Waals surface area contributed by atoms with Gasteiger partial charge in [-0.15, -0.1) is 0 Å². The number of hydrogen-bond donors (Lipinski definition) is 6. The summed E-state index contributed by atoms with van der Waals surface area (Å²) in [5, 5.41) is 19.3. The lowest BCUT2D eigenvalue weighted by Crippen LogP contribution is -2.39. The van der Waals surface area contributed by atoms with E-state index in [9.17, 15) is 27.6 Å². The molecule has 0 heterocycles. The number of unbranched alkanes of at least 4 members (excludes halogenated alkanes) is 2. The molecule has 5 amide bonds. The average Bonchev–Trinajstić information content (AvgIpc) is 2.98. The van der Waals surface area contributed by atoms with E-state index in [0.29, 0.717) is 48.3 Å². The predicted octanol–water partition coefficient (Wildman–Crippen LogP) is 3.39. The van der Waals surface area contributed by atoms with Gasteiger partial charge >= 0.3 is 6.03 Å². The van der Waals surface area contributed by atoms with Gasteiger partial charge in [-0.05, 0) is 66.9 Å². The smallest absolute Gasteiger partial charge is 0.320 e. The second-order valence-corrected chi connectivity index (χ2v) is 11.4. The molecule has 0 aromatic heterocycles. The summed E-state index contributed by atoms with van der Waals surface area (Å²) in [7, 11) is -3.39. The van der Waals surface area contributed by atoms with Gasteiger partial charge in [-0.2, -0.15) is 0 Å². The number of rotatable bonds is 13. The third-order valence-electron chi connectivity index (χ3n) is 6.12. The first kappa shape index (κ1) is 31.8. The van der Waals surface area contributed by atoms with E-state index in [1.54, 1.807) is 60.1 Å². The molecular weight excluding hydrogens is 562 g/mol. The van der Waals surface area contributed by atoms with Crippen LogP contribution in [0.5, 0.6) is 0 Å². The Labute approximate surface area is 243 Å². The van der Waals surface area contributed by atoms with Crippen LogP contribution >= 0.6 is 0 Å². The van der Waals surface area contributed by atoms with Crippen molar-refractivity contribution in [2.45, 2.75) is 36.6 Å². The molecule has 0 spiro atoms. The van der Waals surface area contributed by atoms with Crippen LogP contribution in [0.1, 0.15) is 47.6 Å². The highest BCUT2D eigenvalue weighted by atomic mass is 32.2. The molecular formula is C29H33N5O7S. The van der Waals surface area contributed by atoms with Crippen LogP contribution in [-0.4, -0.2) is 50.2 Å². The quantitative estimate of drug-likeness (QED) is 0.0994. The highest BCUT2D eigenvalue weighted by Gasteiger charge is 2.23. The fourth-order valence-corrected chi connectivity index (χ4v) is 4.53. The summed E-state index contributed by atoms with van der Waals surface area (Å²) in [6, 6.07) is 18.8. The zero-order valence-corrected chi connectivity index (χ0v) is 23.7. The summed E-state index contributed by atoms with van der Waals surface area (Å²) in [5.74, 6) is -1.27. The number of hydrogen-bond acceptors (Lipinski definition) is 7. The normalized spacial score (nSPS) is 11.6. The van der Waals surface area contributed by atoms with Gasteiger partial charge in [0.15, 0.2) is 9.84 Å². The van der Waals surface area contributed by atoms with Crippen molar-refractivity contribution in [3.05, 3.63) is 90.0 Å². The molecule has 42 heavy (non-hydrogen) atoms. The SMILES string of the molecule is CS(=O)(=O)c1ccc(NC(=O)[C@@H](NC(=O)Nc2ccc(C(=O)NCCCCCC(=O)NO)cc2)c2ccccc2)cc1. The number of anilines is 2. The van der Waals surface area contributed by atoms with Gasteiger partial charge in [0.2, 0.25) is 5.91 Å². The van der Waals surface area contributed by atoms with Gasteiger partial charge in [0.1, 0.15) is 6.04 Å². The number of hydroxylamine groups is 1. The van der Waals surface area contributed by atoms with Crippen LogP contribution in [0.2, 0.25) is 0 Å². The van der Waals surface area contributed by atoms with Gasteiger partial charge in [-0.3, -0.25) is 19.6 Å². The molecule has 0 unspecified atom stereocenters. The number of urea groups is 1. The van der Waals surface area contributed by atoms with Crippen molar-refractivity contribution < 1.29 is 32.8 Å². The predicted molar refractivity (Wildman–Crippen MR) is 157 cm³/mol. The topological polar surface area (TPSA) is 183 Å². The Morgan fingerprint density at radius 3 is 2.02 bits per heavy atom. The fourth-order valence-electron chi connectivity index (χ4n) is 3.90. The van der Waals surface area contributed by atoms with Gasteiger partial charge < -0.3 is 21.3 Å². The summed E-state index contributed by atoms with van der Waals surface area (Å²) in [5.41, 5.74) is 3.25. The molecule has 0 saturated carbocycles. The van der Waals surface area contributed by atoms with Crippen LogP contribution in [0.25, 0.3) is 0 Å². The first-order valence-corrected chi connectivity index (χ1v) is 15.0. The van der Waals surface area contributed by atoms with Crippen molar-refractivity contribution >= 4 is 45.0 Å². The average molecular weight is 596 g/mol. The lowest BCUT2D eigenvalue weighted by atomic mass is 10.1. The molecule has 12 nitrogen and oxygen atoms in total. The molecule has 0 saturated heterocycles. The lowest BCUT2D eigenvalue weighted by Gasteiger charge is -2.19. The van der Waals surface area contributed by atoms with Crippen LogP contribution in [-0.2, 0) is 19.4 Å². The molecule has 0 aliphatic rings. The summed E-state index contributed by atoms with van der Waals surface area (Å²) in [6.45, 7) is 0.423. The van der Waals surface area contributed by atoms with E-state index < -0.39 is 33.7 Å². The molecule has 3 rings (SSSR count). The van der Waals surface area contributed by atoms with Gasteiger partial charge in [-0.1, -0.05) is 36.8 Å². The molecule has 0 radical (unpaired) electrons. The van der Waals surface area contributed by atoms with E-state index >= 15 is 0 Å². The number of nitrogens with one attached hydrogen (secondary N) is 5. The van der Waals surface area contributed by atoms with E-state index in [1.807, 2.05) is 0 Å². The van der Waals surface area contributed by atoms with E-state index in [1.165, 1.54) is 24.3 Å². The van der Waals surface area contributed by atoms with Crippen molar-refractivity contribution in [3.63, 3.8) is 0 Å². The number of carbonyl (C=O) groups is 4. The summed E-state index contributed by atoms with van der Waals surface area (Å²) < 4.78 is 23.4. The van der Waals surface area contributed by atoms with Gasteiger partial charge in [0.05, 0.1) is 4.90 Å². The Balaban J connectivity index is 1.56. The first-order valence-electron chi connectivity index (χ1n) is 13.1. The van der Waals surface area contributed by atoms with Crippen molar-refractivity contribution in [3.8, 4) is 0 Å². The first-order chi connectivity index (χ1) is 20.1. The third-order valence-corrected chi connectivity index (χ3v) is 7.24. The maximum Gasteiger partial charge on any atom is 0.320 e. The maximum absolute atomic E-state index is 13.1. The van der Waals surface area contributed by atoms with Crippen molar-refractivity contribution in [2.24, 2.45) is 0 Å². The second-order valence-electron chi connectivity index (χ2n) is 9.41. The third kappa shape index (κ3) is 10.0. The standard InChI is InChI=1S/C29H33N5O7S/c1-42(40,41)24-17-15-22(16-18-24)31-28(37)26(20-8-4-2-5-9-20)33-29(38)32-23-13-11-21(12-14-23)27(36)30-19-7-3-6-10-25(35)34-39/h2,4-5,8-9,11-18,26,39H,3,6-7,10,19H2,1H3,(H,30,36)(H,31,37)(H,34,35)(H2,32,33,38)/t26-/m0/s1. The van der Waals surface area contributed by atoms with Gasteiger partial charge in [0.25, 0.3) is 11.8 Å². The summed E-state index contributed by atoms with van der Waals surface area (Å²) in [4.78, 5) is 49.5. The molecule has 0 fully saturated rings. The summed E-state index contributed by atoms with van der Waals surface area (Å²) >= 11 is 0. The lowest BCUT2D eigenvalue weighted by molar-refractivity contribution is -0.129. The zero-order chi connectivity index (χ0) is 30.5. The monoisotopic (exact) mass is 595 g/mol. The zero-order valence-electron chi connectivity index (χ0n) is 22.9. The highest BCUT2D eigenvalue weighted by molar-refractivity contribution is 7.90. The number of amides is 5. The molecule has 222 valence electrons. The molecule has 3 aromatic carbocycles. The fraction of sp³-hybridized carbons (Fsp3) is 0.241. The summed E-state index contributed by atoms with van der Waals surface area (Å²) in [6.07, 6.45) is 3.28. The molecule has 0 bridgehead atoms. The van der Waals surface area contributed by atoms with Gasteiger partial charge in [-0.25, -0.2) is 18.7 Å². The van der Waals surface area contributed by atoms with Crippen LogP contribution < -0.4 is 26.7 Å². The Morgan fingerprint density at radius 2 is 1.40 bits per heavy atom. The Kier molecular flexibility index (Phi) is 11.6. The molecule has 3 aromatic rings. The highest BCUT2D eigenvalue weighted by Crippen LogP contribution is 2.19. The van der Waals surface area contributed by atoms with E-state index in [0.717, 1.165) is 6.26 Å².